The van der Waals surface area contributed by atoms with Crippen molar-refractivity contribution in [2.24, 2.45) is 0 Å². The van der Waals surface area contributed by atoms with Gasteiger partial charge in [-0.25, -0.2) is 4.62 Å². The Bertz CT molecular complexity index is 159. The summed E-state index contributed by atoms with van der Waals surface area (Å²) >= 11 is 0. The van der Waals surface area contributed by atoms with E-state index in [1.54, 1.807) is 0 Å². The Balaban J connectivity index is 3.94. The third-order valence-electron chi connectivity index (χ3n) is 1.45. The summed E-state index contributed by atoms with van der Waals surface area (Å²) < 4.78 is 16.2. The summed E-state index contributed by atoms with van der Waals surface area (Å²) in [5.74, 6) is 0. The zero-order valence-corrected chi connectivity index (χ0v) is 8.88. The molecule has 74 valence electrons. The van der Waals surface area contributed by atoms with Crippen molar-refractivity contribution in [1.82, 2.24) is 5.06 Å². The van der Waals surface area contributed by atoms with E-state index in [0.717, 1.165) is 0 Å². The summed E-state index contributed by atoms with van der Waals surface area (Å²) in [5, 5.41) is 1.50. The van der Waals surface area contributed by atoms with Gasteiger partial charge in [0.1, 0.15) is 0 Å². The fourth-order valence-corrected chi connectivity index (χ4v) is 2.08. The van der Waals surface area contributed by atoms with Crippen LogP contribution in [0, 0.1) is 0 Å². The van der Waals surface area contributed by atoms with Crippen molar-refractivity contribution in [2.75, 3.05) is 19.3 Å². The molecule has 0 heterocycles. The second kappa shape index (κ2) is 5.70. The Morgan fingerprint density at radius 3 is 2.17 bits per heavy atom. The molecule has 4 nitrogen and oxygen atoms in total. The third-order valence-corrected chi connectivity index (χ3v) is 2.95. The van der Waals surface area contributed by atoms with E-state index in [1.807, 2.05) is 20.8 Å². The van der Waals surface area contributed by atoms with Crippen molar-refractivity contribution in [1.29, 1.82) is 0 Å². The van der Waals surface area contributed by atoms with Crippen LogP contribution < -0.4 is 0 Å². The van der Waals surface area contributed by atoms with E-state index in [-0.39, 0.29) is 6.16 Å². The van der Waals surface area contributed by atoms with Crippen molar-refractivity contribution in [3.8, 4) is 0 Å². The van der Waals surface area contributed by atoms with Gasteiger partial charge < -0.3 is 4.89 Å². The van der Waals surface area contributed by atoms with Gasteiger partial charge in [0.25, 0.3) is 0 Å². The lowest BCUT2D eigenvalue weighted by atomic mass is 10.6. The normalized spacial score (nSPS) is 16.4. The van der Waals surface area contributed by atoms with E-state index >= 15 is 0 Å². The SMILES string of the molecule is CCCP(=O)(O)ON(CC)CC. The van der Waals surface area contributed by atoms with Crippen LogP contribution in [0.25, 0.3) is 0 Å². The lowest BCUT2D eigenvalue weighted by Gasteiger charge is -2.20. The van der Waals surface area contributed by atoms with E-state index in [4.69, 9.17) is 4.62 Å². The second-order valence-corrected chi connectivity index (χ2v) is 4.44. The highest BCUT2D eigenvalue weighted by Crippen LogP contribution is 2.43. The van der Waals surface area contributed by atoms with E-state index < -0.39 is 7.60 Å². The molecule has 0 fully saturated rings. The Hall–Kier alpha value is 0.110. The van der Waals surface area contributed by atoms with Gasteiger partial charge in [0.05, 0.1) is 6.16 Å². The highest BCUT2D eigenvalue weighted by molar-refractivity contribution is 7.52. The summed E-state index contributed by atoms with van der Waals surface area (Å²) in [4.78, 5) is 9.24. The molecule has 0 spiro atoms. The minimum absolute atomic E-state index is 0.226. The molecule has 0 saturated heterocycles. The molecular weight excluding hydrogens is 177 g/mol. The van der Waals surface area contributed by atoms with Crippen LogP contribution in [0.1, 0.15) is 27.2 Å². The van der Waals surface area contributed by atoms with Gasteiger partial charge in [0.2, 0.25) is 0 Å². The van der Waals surface area contributed by atoms with Gasteiger partial charge in [-0.05, 0) is 6.42 Å². The minimum atomic E-state index is -3.36. The fraction of sp³-hybridized carbons (Fsp3) is 1.00. The molecular formula is C7H18NO3P. The summed E-state index contributed by atoms with van der Waals surface area (Å²) in [6.45, 7) is 6.88. The van der Waals surface area contributed by atoms with Crippen LogP contribution in [0.5, 0.6) is 0 Å². The average Bonchev–Trinajstić information content (AvgIpc) is 2.00. The molecule has 0 amide bonds. The van der Waals surface area contributed by atoms with Crippen LogP contribution in [0.2, 0.25) is 0 Å². The molecule has 0 rings (SSSR count). The molecule has 1 unspecified atom stereocenters. The summed E-state index contributed by atoms with van der Waals surface area (Å²) in [5.41, 5.74) is 0. The molecule has 1 N–H and O–H groups in total. The molecule has 0 aromatic heterocycles. The van der Waals surface area contributed by atoms with Gasteiger partial charge in [-0.2, -0.15) is 5.06 Å². The maximum atomic E-state index is 11.2. The number of hydrogen-bond donors (Lipinski definition) is 1. The van der Waals surface area contributed by atoms with Crippen LogP contribution in [-0.2, 0) is 9.19 Å². The second-order valence-electron chi connectivity index (χ2n) is 2.56. The lowest BCUT2D eigenvalue weighted by Crippen LogP contribution is -2.22. The molecule has 0 aliphatic carbocycles. The predicted molar refractivity (Wildman–Crippen MR) is 49.0 cm³/mol. The standard InChI is InChI=1S/C7H18NO3P/c1-4-7-12(9,10)11-8(5-2)6-3/h4-7H2,1-3H3,(H,9,10). The quantitative estimate of drug-likeness (QED) is 0.519. The fourth-order valence-electron chi connectivity index (χ4n) is 0.843. The largest absolute Gasteiger partial charge is 0.344 e. The molecule has 0 aliphatic heterocycles. The van der Waals surface area contributed by atoms with E-state index in [1.165, 1.54) is 5.06 Å². The maximum absolute atomic E-state index is 11.2. The Morgan fingerprint density at radius 1 is 1.33 bits per heavy atom. The van der Waals surface area contributed by atoms with Crippen LogP contribution in [0.4, 0.5) is 0 Å². The average molecular weight is 195 g/mol. The summed E-state index contributed by atoms with van der Waals surface area (Å²) in [7, 11) is -3.36. The highest BCUT2D eigenvalue weighted by atomic mass is 31.2. The van der Waals surface area contributed by atoms with Gasteiger partial charge >= 0.3 is 7.60 Å². The van der Waals surface area contributed by atoms with Crippen molar-refractivity contribution < 1.29 is 14.1 Å². The number of nitrogens with zero attached hydrogens (tertiary/aromatic N) is 1. The first-order valence-corrected chi connectivity index (χ1v) is 6.08. The molecule has 5 heteroatoms. The van der Waals surface area contributed by atoms with Crippen molar-refractivity contribution in [2.45, 2.75) is 27.2 Å². The van der Waals surface area contributed by atoms with Crippen LogP contribution >= 0.6 is 7.60 Å². The zero-order valence-electron chi connectivity index (χ0n) is 7.99. The number of hydrogen-bond acceptors (Lipinski definition) is 3. The first-order chi connectivity index (χ1) is 5.55. The van der Waals surface area contributed by atoms with Gasteiger partial charge in [0.15, 0.2) is 0 Å². The monoisotopic (exact) mass is 195 g/mol. The van der Waals surface area contributed by atoms with Crippen LogP contribution in [0.15, 0.2) is 0 Å². The van der Waals surface area contributed by atoms with Gasteiger partial charge in [0, 0.05) is 13.1 Å². The van der Waals surface area contributed by atoms with Crippen molar-refractivity contribution >= 4 is 7.60 Å². The zero-order chi connectivity index (χ0) is 9.61. The third kappa shape index (κ3) is 4.88. The minimum Gasteiger partial charge on any atom is -0.323 e. The van der Waals surface area contributed by atoms with E-state index in [0.29, 0.717) is 19.5 Å². The van der Waals surface area contributed by atoms with E-state index in [9.17, 15) is 9.46 Å². The molecule has 0 radical (unpaired) electrons. The highest BCUT2D eigenvalue weighted by Gasteiger charge is 2.20. The van der Waals surface area contributed by atoms with Gasteiger partial charge in [-0.15, -0.1) is 0 Å². The van der Waals surface area contributed by atoms with Crippen LogP contribution in [0.3, 0.4) is 0 Å². The number of rotatable bonds is 6. The molecule has 0 bridgehead atoms. The molecule has 12 heavy (non-hydrogen) atoms. The molecule has 1 atom stereocenters. The first kappa shape index (κ1) is 12.1. The van der Waals surface area contributed by atoms with Crippen LogP contribution in [-0.4, -0.2) is 29.2 Å². The van der Waals surface area contributed by atoms with Crippen molar-refractivity contribution in [3.63, 3.8) is 0 Å². The van der Waals surface area contributed by atoms with E-state index in [2.05, 4.69) is 0 Å². The van der Waals surface area contributed by atoms with Crippen molar-refractivity contribution in [3.05, 3.63) is 0 Å². The van der Waals surface area contributed by atoms with Gasteiger partial charge in [-0.3, -0.25) is 4.57 Å². The molecule has 0 aromatic carbocycles. The maximum Gasteiger partial charge on any atom is 0.344 e. The molecule has 0 aliphatic rings. The Labute approximate surface area is 74.0 Å². The summed E-state index contributed by atoms with van der Waals surface area (Å²) in [6.07, 6.45) is 0.887. The lowest BCUT2D eigenvalue weighted by molar-refractivity contribution is -0.0576. The van der Waals surface area contributed by atoms with Gasteiger partial charge in [-0.1, -0.05) is 20.8 Å². The topological polar surface area (TPSA) is 49.8 Å². The first-order valence-electron chi connectivity index (χ1n) is 4.32. The smallest absolute Gasteiger partial charge is 0.323 e. The Kier molecular flexibility index (Phi) is 5.76. The predicted octanol–water partition coefficient (Wildman–Crippen LogP) is 1.86. The molecule has 0 aromatic rings. The number of hydroxylamine groups is 2. The summed E-state index contributed by atoms with van der Waals surface area (Å²) in [6, 6.07) is 0. The molecule has 0 saturated carbocycles. The Morgan fingerprint density at radius 2 is 1.83 bits per heavy atom.